The summed E-state index contributed by atoms with van der Waals surface area (Å²) >= 11 is 0. The van der Waals surface area contributed by atoms with E-state index in [1.54, 1.807) is 0 Å². The number of hydrogen-bond donors (Lipinski definition) is 2. The van der Waals surface area contributed by atoms with E-state index in [0.29, 0.717) is 26.1 Å². The second-order valence-electron chi connectivity index (χ2n) is 4.13. The number of carbonyl (C=O) groups is 1. The molecule has 3 nitrogen and oxygen atoms in total. The van der Waals surface area contributed by atoms with Crippen molar-refractivity contribution in [2.24, 2.45) is 5.92 Å². The van der Waals surface area contributed by atoms with Crippen molar-refractivity contribution in [3.05, 3.63) is 35.4 Å². The zero-order chi connectivity index (χ0) is 12.3. The van der Waals surface area contributed by atoms with Crippen molar-refractivity contribution in [3.8, 4) is 0 Å². The predicted octanol–water partition coefficient (Wildman–Crippen LogP) is 0.843. The summed E-state index contributed by atoms with van der Waals surface area (Å²) in [5.41, 5.74) is 0.289. The van der Waals surface area contributed by atoms with Crippen molar-refractivity contribution in [2.75, 3.05) is 19.6 Å². The lowest BCUT2D eigenvalue weighted by Crippen LogP contribution is -2.51. The molecule has 0 spiro atoms. The normalized spacial score (nSPS) is 15.4. The SMILES string of the molecule is O=C(NCCc1cc(F)ccc1F)C1CNC1. The maximum Gasteiger partial charge on any atom is 0.225 e. The number of hydrogen-bond acceptors (Lipinski definition) is 2. The van der Waals surface area contributed by atoms with Crippen LogP contribution in [0.3, 0.4) is 0 Å². The van der Waals surface area contributed by atoms with Gasteiger partial charge >= 0.3 is 0 Å². The molecule has 2 rings (SSSR count). The van der Waals surface area contributed by atoms with Gasteiger partial charge in [-0.15, -0.1) is 0 Å². The highest BCUT2D eigenvalue weighted by molar-refractivity contribution is 5.79. The minimum atomic E-state index is -0.462. The molecule has 1 saturated heterocycles. The summed E-state index contributed by atoms with van der Waals surface area (Å²) < 4.78 is 26.1. The highest BCUT2D eigenvalue weighted by Crippen LogP contribution is 2.10. The van der Waals surface area contributed by atoms with Gasteiger partial charge in [-0.2, -0.15) is 0 Å². The molecule has 0 atom stereocenters. The number of benzene rings is 1. The van der Waals surface area contributed by atoms with Gasteiger partial charge in [0.15, 0.2) is 0 Å². The molecular weight excluding hydrogens is 226 g/mol. The van der Waals surface area contributed by atoms with E-state index in [1.165, 1.54) is 0 Å². The second kappa shape index (κ2) is 5.23. The summed E-state index contributed by atoms with van der Waals surface area (Å²) in [5, 5.41) is 5.71. The molecule has 5 heteroatoms. The molecular formula is C12H14F2N2O. The largest absolute Gasteiger partial charge is 0.355 e. The van der Waals surface area contributed by atoms with Gasteiger partial charge in [-0.05, 0) is 30.2 Å². The van der Waals surface area contributed by atoms with Crippen LogP contribution in [0.5, 0.6) is 0 Å². The average Bonchev–Trinajstić information content (AvgIpc) is 2.20. The van der Waals surface area contributed by atoms with Crippen LogP contribution in [-0.4, -0.2) is 25.5 Å². The van der Waals surface area contributed by atoms with Crippen molar-refractivity contribution in [3.63, 3.8) is 0 Å². The lowest BCUT2D eigenvalue weighted by molar-refractivity contribution is -0.126. The van der Waals surface area contributed by atoms with Crippen LogP contribution in [0.1, 0.15) is 5.56 Å². The summed E-state index contributed by atoms with van der Waals surface area (Å²) in [6, 6.07) is 3.34. The summed E-state index contributed by atoms with van der Waals surface area (Å²) in [4.78, 5) is 11.4. The molecule has 1 fully saturated rings. The minimum Gasteiger partial charge on any atom is -0.355 e. The van der Waals surface area contributed by atoms with E-state index < -0.39 is 11.6 Å². The standard InChI is InChI=1S/C12H14F2N2O/c13-10-1-2-11(14)8(5-10)3-4-16-12(17)9-6-15-7-9/h1-2,5,9,15H,3-4,6-7H2,(H,16,17). The molecule has 2 N–H and O–H groups in total. The van der Waals surface area contributed by atoms with Gasteiger partial charge in [0.1, 0.15) is 11.6 Å². The van der Waals surface area contributed by atoms with Crippen LogP contribution < -0.4 is 10.6 Å². The maximum atomic E-state index is 13.2. The first-order chi connectivity index (χ1) is 8.16. The number of halogens is 2. The molecule has 0 unspecified atom stereocenters. The van der Waals surface area contributed by atoms with E-state index in [2.05, 4.69) is 10.6 Å². The predicted molar refractivity (Wildman–Crippen MR) is 59.4 cm³/mol. The smallest absolute Gasteiger partial charge is 0.225 e. The molecule has 0 aliphatic carbocycles. The number of nitrogens with one attached hydrogen (secondary N) is 2. The first-order valence-corrected chi connectivity index (χ1v) is 5.59. The van der Waals surface area contributed by atoms with Gasteiger partial charge in [-0.3, -0.25) is 4.79 Å². The van der Waals surface area contributed by atoms with E-state index >= 15 is 0 Å². The van der Waals surface area contributed by atoms with E-state index in [1.807, 2.05) is 0 Å². The van der Waals surface area contributed by atoms with E-state index in [-0.39, 0.29) is 17.4 Å². The number of amides is 1. The van der Waals surface area contributed by atoms with Crippen molar-refractivity contribution in [2.45, 2.75) is 6.42 Å². The Kier molecular flexibility index (Phi) is 3.68. The zero-order valence-electron chi connectivity index (χ0n) is 9.30. The van der Waals surface area contributed by atoms with Gasteiger partial charge in [0.05, 0.1) is 5.92 Å². The summed E-state index contributed by atoms with van der Waals surface area (Å²) in [7, 11) is 0. The van der Waals surface area contributed by atoms with Crippen LogP contribution in [0.2, 0.25) is 0 Å². The molecule has 0 saturated carbocycles. The Bertz CT molecular complexity index is 419. The third kappa shape index (κ3) is 3.00. The lowest BCUT2D eigenvalue weighted by Gasteiger charge is -2.25. The Morgan fingerprint density at radius 2 is 2.18 bits per heavy atom. The summed E-state index contributed by atoms with van der Waals surface area (Å²) in [6.07, 6.45) is 0.301. The molecule has 1 amide bonds. The Hall–Kier alpha value is -1.49. The van der Waals surface area contributed by atoms with Crippen molar-refractivity contribution >= 4 is 5.91 Å². The quantitative estimate of drug-likeness (QED) is 0.819. The molecule has 17 heavy (non-hydrogen) atoms. The third-order valence-electron chi connectivity index (χ3n) is 2.85. The molecule has 0 radical (unpaired) electrons. The van der Waals surface area contributed by atoms with Gasteiger partial charge < -0.3 is 10.6 Å². The molecule has 1 aliphatic heterocycles. The second-order valence-corrected chi connectivity index (χ2v) is 4.13. The topological polar surface area (TPSA) is 41.1 Å². The van der Waals surface area contributed by atoms with E-state index in [0.717, 1.165) is 18.2 Å². The first kappa shape index (κ1) is 12.0. The molecule has 1 aromatic rings. The van der Waals surface area contributed by atoms with Gasteiger partial charge in [-0.1, -0.05) is 0 Å². The summed E-state index contributed by atoms with van der Waals surface area (Å²) in [6.45, 7) is 1.72. The van der Waals surface area contributed by atoms with Crippen LogP contribution in [-0.2, 0) is 11.2 Å². The summed E-state index contributed by atoms with van der Waals surface area (Å²) in [5.74, 6) is -0.908. The van der Waals surface area contributed by atoms with E-state index in [4.69, 9.17) is 0 Å². The molecule has 1 heterocycles. The third-order valence-corrected chi connectivity index (χ3v) is 2.85. The Labute approximate surface area is 98.2 Å². The van der Waals surface area contributed by atoms with Gasteiger partial charge in [0, 0.05) is 19.6 Å². The van der Waals surface area contributed by atoms with Gasteiger partial charge in [-0.25, -0.2) is 8.78 Å². The highest BCUT2D eigenvalue weighted by atomic mass is 19.1. The van der Waals surface area contributed by atoms with E-state index in [9.17, 15) is 13.6 Å². The molecule has 1 aromatic carbocycles. The molecule has 0 bridgehead atoms. The lowest BCUT2D eigenvalue weighted by atomic mass is 10.0. The monoisotopic (exact) mass is 240 g/mol. The average molecular weight is 240 g/mol. The fourth-order valence-electron chi connectivity index (χ4n) is 1.67. The first-order valence-electron chi connectivity index (χ1n) is 5.59. The number of rotatable bonds is 4. The van der Waals surface area contributed by atoms with Crippen LogP contribution in [0, 0.1) is 17.6 Å². The Balaban J connectivity index is 1.81. The fourth-order valence-corrected chi connectivity index (χ4v) is 1.67. The fraction of sp³-hybridized carbons (Fsp3) is 0.417. The van der Waals surface area contributed by atoms with Gasteiger partial charge in [0.2, 0.25) is 5.91 Å². The van der Waals surface area contributed by atoms with Crippen LogP contribution in [0.4, 0.5) is 8.78 Å². The molecule has 92 valence electrons. The maximum absolute atomic E-state index is 13.2. The van der Waals surface area contributed by atoms with Crippen molar-refractivity contribution in [1.82, 2.24) is 10.6 Å². The Morgan fingerprint density at radius 1 is 1.41 bits per heavy atom. The van der Waals surface area contributed by atoms with Gasteiger partial charge in [0.25, 0.3) is 0 Å². The van der Waals surface area contributed by atoms with Crippen LogP contribution in [0.25, 0.3) is 0 Å². The number of carbonyl (C=O) groups excluding carboxylic acids is 1. The molecule has 0 aromatic heterocycles. The van der Waals surface area contributed by atoms with Crippen LogP contribution >= 0.6 is 0 Å². The zero-order valence-corrected chi connectivity index (χ0v) is 9.30. The highest BCUT2D eigenvalue weighted by Gasteiger charge is 2.24. The Morgan fingerprint density at radius 3 is 2.82 bits per heavy atom. The van der Waals surface area contributed by atoms with Crippen molar-refractivity contribution < 1.29 is 13.6 Å². The van der Waals surface area contributed by atoms with Crippen molar-refractivity contribution in [1.29, 1.82) is 0 Å². The molecule has 1 aliphatic rings. The minimum absolute atomic E-state index is 0.0207. The van der Waals surface area contributed by atoms with Crippen LogP contribution in [0.15, 0.2) is 18.2 Å².